The van der Waals surface area contributed by atoms with Crippen LogP contribution >= 0.6 is 15.9 Å². The maximum Gasteiger partial charge on any atom is 0.0264 e. The minimum Gasteiger partial charge on any atom is -0.289 e. The molecule has 0 saturated heterocycles. The third kappa shape index (κ3) is 4.62. The highest BCUT2D eigenvalue weighted by Gasteiger charge is 2.12. The molecule has 0 aliphatic carbocycles. The molecular formula is C18H20BrN. The number of hydrogen-bond acceptors (Lipinski definition) is 1. The number of rotatable bonds is 6. The number of benzene rings is 2. The van der Waals surface area contributed by atoms with Crippen LogP contribution in [0.25, 0.3) is 0 Å². The van der Waals surface area contributed by atoms with E-state index in [0.717, 1.165) is 13.1 Å². The maximum absolute atomic E-state index is 3.38. The molecule has 2 rings (SSSR count). The lowest BCUT2D eigenvalue weighted by molar-refractivity contribution is 0.223. The van der Waals surface area contributed by atoms with Gasteiger partial charge in [-0.2, -0.15) is 0 Å². The standard InChI is InChI=1S/C18H20BrN/c1-16(12-13-19)20(14-17-8-4-2-5-9-17)15-18-10-6-3-7-11-18/h2-13,16H,14-15H2,1H3/b13-12+/t16-/m0/s1. The lowest BCUT2D eigenvalue weighted by Gasteiger charge is -2.27. The number of hydrogen-bond donors (Lipinski definition) is 0. The van der Waals surface area contributed by atoms with Crippen molar-refractivity contribution in [2.45, 2.75) is 26.1 Å². The summed E-state index contributed by atoms with van der Waals surface area (Å²) in [6.45, 7) is 4.13. The van der Waals surface area contributed by atoms with Gasteiger partial charge in [0.2, 0.25) is 0 Å². The van der Waals surface area contributed by atoms with Gasteiger partial charge < -0.3 is 0 Å². The maximum atomic E-state index is 3.38. The van der Waals surface area contributed by atoms with Crippen LogP contribution in [0, 0.1) is 0 Å². The molecule has 1 nitrogen and oxygen atoms in total. The Morgan fingerprint density at radius 2 is 1.35 bits per heavy atom. The topological polar surface area (TPSA) is 3.24 Å². The van der Waals surface area contributed by atoms with Crippen molar-refractivity contribution >= 4 is 15.9 Å². The highest BCUT2D eigenvalue weighted by molar-refractivity contribution is 9.11. The molecule has 20 heavy (non-hydrogen) atoms. The van der Waals surface area contributed by atoms with Gasteiger partial charge in [0.15, 0.2) is 0 Å². The van der Waals surface area contributed by atoms with Crippen LogP contribution in [0.15, 0.2) is 71.7 Å². The fraction of sp³-hybridized carbons (Fsp3) is 0.222. The zero-order valence-electron chi connectivity index (χ0n) is 11.7. The summed E-state index contributed by atoms with van der Waals surface area (Å²) < 4.78 is 0. The molecule has 104 valence electrons. The van der Waals surface area contributed by atoms with Crippen molar-refractivity contribution in [3.63, 3.8) is 0 Å². The summed E-state index contributed by atoms with van der Waals surface area (Å²) in [5, 5.41) is 0. The van der Waals surface area contributed by atoms with Gasteiger partial charge in [-0.25, -0.2) is 0 Å². The Balaban J connectivity index is 2.12. The monoisotopic (exact) mass is 329 g/mol. The Labute approximate surface area is 130 Å². The second-order valence-electron chi connectivity index (χ2n) is 4.94. The van der Waals surface area contributed by atoms with Crippen molar-refractivity contribution in [3.8, 4) is 0 Å². The summed E-state index contributed by atoms with van der Waals surface area (Å²) in [5.74, 6) is 0. The molecule has 0 spiro atoms. The fourth-order valence-electron chi connectivity index (χ4n) is 2.21. The quantitative estimate of drug-likeness (QED) is 0.721. The van der Waals surface area contributed by atoms with E-state index in [0.29, 0.717) is 6.04 Å². The molecular weight excluding hydrogens is 310 g/mol. The molecule has 0 saturated carbocycles. The second-order valence-corrected chi connectivity index (χ2v) is 5.46. The minimum absolute atomic E-state index is 0.384. The van der Waals surface area contributed by atoms with Gasteiger partial charge in [-0.05, 0) is 23.0 Å². The molecule has 2 aromatic carbocycles. The van der Waals surface area contributed by atoms with E-state index in [2.05, 4.69) is 94.5 Å². The smallest absolute Gasteiger partial charge is 0.0264 e. The Morgan fingerprint density at radius 3 is 1.75 bits per heavy atom. The zero-order chi connectivity index (χ0) is 14.2. The fourth-order valence-corrected chi connectivity index (χ4v) is 2.65. The van der Waals surface area contributed by atoms with Gasteiger partial charge in [-0.15, -0.1) is 0 Å². The van der Waals surface area contributed by atoms with Crippen LogP contribution < -0.4 is 0 Å². The minimum atomic E-state index is 0.384. The van der Waals surface area contributed by atoms with E-state index in [9.17, 15) is 0 Å². The molecule has 0 unspecified atom stereocenters. The van der Waals surface area contributed by atoms with Crippen molar-refractivity contribution in [3.05, 3.63) is 82.9 Å². The molecule has 0 aliphatic heterocycles. The Kier molecular flexibility index (Phi) is 6.03. The van der Waals surface area contributed by atoms with E-state index in [4.69, 9.17) is 0 Å². The molecule has 0 fully saturated rings. The van der Waals surface area contributed by atoms with Crippen LogP contribution in [0.4, 0.5) is 0 Å². The molecule has 0 bridgehead atoms. The second kappa shape index (κ2) is 8.03. The van der Waals surface area contributed by atoms with E-state index in [1.54, 1.807) is 0 Å². The lowest BCUT2D eigenvalue weighted by atomic mass is 10.1. The van der Waals surface area contributed by atoms with Crippen molar-refractivity contribution in [2.24, 2.45) is 0 Å². The molecule has 0 radical (unpaired) electrons. The van der Waals surface area contributed by atoms with E-state index >= 15 is 0 Å². The van der Waals surface area contributed by atoms with E-state index in [1.165, 1.54) is 11.1 Å². The number of halogens is 1. The van der Waals surface area contributed by atoms with E-state index in [-0.39, 0.29) is 0 Å². The van der Waals surface area contributed by atoms with Crippen molar-refractivity contribution in [1.82, 2.24) is 4.90 Å². The summed E-state index contributed by atoms with van der Waals surface area (Å²) in [6, 6.07) is 21.6. The molecule has 2 aromatic rings. The lowest BCUT2D eigenvalue weighted by Crippen LogP contribution is -2.30. The van der Waals surface area contributed by atoms with E-state index in [1.807, 2.05) is 4.99 Å². The summed E-state index contributed by atoms with van der Waals surface area (Å²) in [6.07, 6.45) is 2.17. The van der Waals surface area contributed by atoms with Crippen molar-refractivity contribution < 1.29 is 0 Å². The average Bonchev–Trinajstić information content (AvgIpc) is 2.49. The van der Waals surface area contributed by atoms with Crippen LogP contribution in [-0.2, 0) is 13.1 Å². The van der Waals surface area contributed by atoms with Gasteiger partial charge in [0, 0.05) is 19.1 Å². The molecule has 0 N–H and O–H groups in total. The van der Waals surface area contributed by atoms with Crippen molar-refractivity contribution in [2.75, 3.05) is 0 Å². The van der Waals surface area contributed by atoms with Crippen LogP contribution in [0.3, 0.4) is 0 Å². The molecule has 0 aliphatic rings. The zero-order valence-corrected chi connectivity index (χ0v) is 13.3. The normalized spacial score (nSPS) is 12.9. The van der Waals surface area contributed by atoms with Gasteiger partial charge in [0.25, 0.3) is 0 Å². The van der Waals surface area contributed by atoms with Crippen LogP contribution in [0.5, 0.6) is 0 Å². The van der Waals surface area contributed by atoms with Gasteiger partial charge >= 0.3 is 0 Å². The highest BCUT2D eigenvalue weighted by atomic mass is 79.9. The third-order valence-corrected chi connectivity index (χ3v) is 3.69. The van der Waals surface area contributed by atoms with Gasteiger partial charge in [-0.3, -0.25) is 4.90 Å². The van der Waals surface area contributed by atoms with E-state index < -0.39 is 0 Å². The van der Waals surface area contributed by atoms with Gasteiger partial charge in [-0.1, -0.05) is 82.7 Å². The van der Waals surface area contributed by atoms with Crippen molar-refractivity contribution in [1.29, 1.82) is 0 Å². The Morgan fingerprint density at radius 1 is 0.900 bits per heavy atom. The molecule has 0 heterocycles. The summed E-state index contributed by atoms with van der Waals surface area (Å²) in [5.41, 5.74) is 2.69. The van der Waals surface area contributed by atoms with Gasteiger partial charge in [0.1, 0.15) is 0 Å². The Bertz CT molecular complexity index is 480. The first kappa shape index (κ1) is 15.0. The summed E-state index contributed by atoms with van der Waals surface area (Å²) >= 11 is 3.38. The Hall–Kier alpha value is -1.38. The average molecular weight is 330 g/mol. The molecule has 1 atom stereocenters. The first-order valence-corrected chi connectivity index (χ1v) is 7.80. The first-order valence-electron chi connectivity index (χ1n) is 6.88. The van der Waals surface area contributed by atoms with Crippen LogP contribution in [-0.4, -0.2) is 10.9 Å². The summed E-state index contributed by atoms with van der Waals surface area (Å²) in [7, 11) is 0. The largest absolute Gasteiger partial charge is 0.289 e. The highest BCUT2D eigenvalue weighted by Crippen LogP contribution is 2.14. The number of nitrogens with zero attached hydrogens (tertiary/aromatic N) is 1. The van der Waals surface area contributed by atoms with Crippen LogP contribution in [0.1, 0.15) is 18.1 Å². The molecule has 0 aromatic heterocycles. The summed E-state index contributed by atoms with van der Waals surface area (Å²) in [4.78, 5) is 4.41. The SMILES string of the molecule is C[C@@H](/C=C/Br)N(Cc1ccccc1)Cc1ccccc1. The predicted molar refractivity (Wildman–Crippen MR) is 89.7 cm³/mol. The third-order valence-electron chi connectivity index (χ3n) is 3.38. The molecule has 0 amide bonds. The van der Waals surface area contributed by atoms with Crippen LogP contribution in [0.2, 0.25) is 0 Å². The predicted octanol–water partition coefficient (Wildman–Crippen LogP) is 4.99. The van der Waals surface area contributed by atoms with Gasteiger partial charge in [0.05, 0.1) is 0 Å². The first-order chi connectivity index (χ1) is 9.79. The molecule has 2 heteroatoms.